The summed E-state index contributed by atoms with van der Waals surface area (Å²) in [5.74, 6) is -0.975. The smallest absolute Gasteiger partial charge is 0.0989 e. The maximum atomic E-state index is 12.5. The molecule has 1 rings (SSSR count). The van der Waals surface area contributed by atoms with Crippen molar-refractivity contribution in [1.29, 1.82) is 0 Å². The molecule has 1 aliphatic rings. The van der Waals surface area contributed by atoms with E-state index < -0.39 is 22.3 Å². The van der Waals surface area contributed by atoms with Crippen LogP contribution >= 0.6 is 0 Å². The molecule has 0 saturated carbocycles. The van der Waals surface area contributed by atoms with Crippen molar-refractivity contribution in [3.8, 4) is 0 Å². The quantitative estimate of drug-likeness (QED) is 0.392. The highest BCUT2D eigenvalue weighted by Gasteiger charge is 2.51. The molecule has 80 valence electrons. The molecule has 0 spiro atoms. The van der Waals surface area contributed by atoms with Crippen LogP contribution in [0.3, 0.4) is 0 Å². The van der Waals surface area contributed by atoms with Gasteiger partial charge in [-0.3, -0.25) is 0 Å². The molecular formula is C8H10F4N2. The van der Waals surface area contributed by atoms with Gasteiger partial charge in [-0.1, -0.05) is 42.6 Å². The summed E-state index contributed by atoms with van der Waals surface area (Å²) in [4.78, 5) is 0. The zero-order chi connectivity index (χ0) is 10.9. The van der Waals surface area contributed by atoms with E-state index in [0.717, 1.165) is 6.08 Å². The van der Waals surface area contributed by atoms with Crippen molar-refractivity contribution >= 4 is 0 Å². The Morgan fingerprint density at radius 1 is 1.21 bits per heavy atom. The van der Waals surface area contributed by atoms with E-state index >= 15 is 0 Å². The van der Waals surface area contributed by atoms with Crippen LogP contribution in [0.15, 0.2) is 23.8 Å². The second-order valence-electron chi connectivity index (χ2n) is 3.24. The monoisotopic (exact) mass is 210 g/mol. The van der Waals surface area contributed by atoms with E-state index in [-0.39, 0.29) is 0 Å². The predicted octanol–water partition coefficient (Wildman–Crippen LogP) is 2.98. The van der Waals surface area contributed by atoms with Crippen molar-refractivity contribution in [3.63, 3.8) is 0 Å². The first kappa shape index (κ1) is 11.2. The number of allylic oxidation sites excluding steroid dienone is 2. The van der Waals surface area contributed by atoms with Gasteiger partial charge in [-0.2, -0.15) is 0 Å². The molecule has 1 atom stereocenters. The summed E-state index contributed by atoms with van der Waals surface area (Å²) in [6.07, 6.45) is 3.52. The van der Waals surface area contributed by atoms with Crippen molar-refractivity contribution in [3.05, 3.63) is 23.8 Å². The van der Waals surface area contributed by atoms with Gasteiger partial charge in [-0.05, 0) is 13.0 Å². The number of hydrogen-bond acceptors (Lipinski definition) is 2. The lowest BCUT2D eigenvalue weighted by Crippen LogP contribution is -2.53. The minimum absolute atomic E-state index is 0.480. The number of hydrogen-bond donors (Lipinski definition) is 0. The zero-order valence-corrected chi connectivity index (χ0v) is 7.72. The molecule has 6 heteroatoms. The second kappa shape index (κ2) is 3.70. The summed E-state index contributed by atoms with van der Waals surface area (Å²) >= 11 is 0. The van der Waals surface area contributed by atoms with Gasteiger partial charge in [0.05, 0.1) is 10.7 Å². The van der Waals surface area contributed by atoms with Gasteiger partial charge in [0.2, 0.25) is 5.66 Å². The normalized spacial score (nSPS) is 25.7. The van der Waals surface area contributed by atoms with Crippen molar-refractivity contribution in [2.24, 2.45) is 5.92 Å². The van der Waals surface area contributed by atoms with Gasteiger partial charge in [0.1, 0.15) is 0 Å². The first-order valence-electron chi connectivity index (χ1n) is 4.02. The molecule has 0 aromatic carbocycles. The minimum Gasteiger partial charge on any atom is -0.0989 e. The maximum Gasteiger partial charge on any atom is 0.220 e. The third kappa shape index (κ3) is 1.44. The van der Waals surface area contributed by atoms with Crippen LogP contribution in [0.25, 0.3) is 0 Å². The molecule has 2 nitrogen and oxygen atoms in total. The van der Waals surface area contributed by atoms with Crippen molar-refractivity contribution in [2.75, 3.05) is 0 Å². The summed E-state index contributed by atoms with van der Waals surface area (Å²) in [5.41, 5.74) is -2.16. The molecule has 0 aliphatic heterocycles. The molecule has 0 radical (unpaired) electrons. The first-order chi connectivity index (χ1) is 6.43. The standard InChI is InChI=1S/C8H10F4N2/c1-6-4-3-5-8(7(6)2,13(9)10)14(11)12/h3-5,7H,1-2H3. The second-order valence-corrected chi connectivity index (χ2v) is 3.24. The van der Waals surface area contributed by atoms with E-state index in [4.69, 9.17) is 0 Å². The van der Waals surface area contributed by atoms with Crippen LogP contribution in [0.5, 0.6) is 0 Å². The molecule has 0 fully saturated rings. The van der Waals surface area contributed by atoms with Crippen LogP contribution < -0.4 is 0 Å². The number of rotatable bonds is 2. The average Bonchev–Trinajstić information content (AvgIpc) is 2.08. The third-order valence-electron chi connectivity index (χ3n) is 2.56. The Bertz CT molecular complexity index is 265. The Kier molecular flexibility index (Phi) is 2.96. The fourth-order valence-electron chi connectivity index (χ4n) is 1.43. The lowest BCUT2D eigenvalue weighted by molar-refractivity contribution is -0.364. The molecular weight excluding hydrogens is 200 g/mol. The van der Waals surface area contributed by atoms with Crippen molar-refractivity contribution in [1.82, 2.24) is 10.7 Å². The maximum absolute atomic E-state index is 12.5. The van der Waals surface area contributed by atoms with Gasteiger partial charge < -0.3 is 0 Å². The lowest BCUT2D eigenvalue weighted by Gasteiger charge is -2.37. The summed E-state index contributed by atoms with van der Waals surface area (Å²) in [6, 6.07) is 0. The van der Waals surface area contributed by atoms with Gasteiger partial charge in [-0.15, -0.1) is 0 Å². The predicted molar refractivity (Wildman–Crippen MR) is 42.9 cm³/mol. The highest BCUT2D eigenvalue weighted by molar-refractivity contribution is 5.27. The Hall–Kier alpha value is -0.880. The summed E-state index contributed by atoms with van der Waals surface area (Å²) in [5, 5.41) is -2.94. The molecule has 0 N–H and O–H groups in total. The zero-order valence-electron chi connectivity index (χ0n) is 7.72. The van der Waals surface area contributed by atoms with Gasteiger partial charge in [0, 0.05) is 5.92 Å². The summed E-state index contributed by atoms with van der Waals surface area (Å²) in [7, 11) is 0. The fourth-order valence-corrected chi connectivity index (χ4v) is 1.43. The van der Waals surface area contributed by atoms with Crippen molar-refractivity contribution < 1.29 is 17.9 Å². The SMILES string of the molecule is CC1=CC=CC(N(F)F)(N(F)F)C1C. The van der Waals surface area contributed by atoms with E-state index in [2.05, 4.69) is 0 Å². The molecule has 14 heavy (non-hydrogen) atoms. The lowest BCUT2D eigenvalue weighted by atomic mass is 9.85. The van der Waals surface area contributed by atoms with Gasteiger partial charge in [0.25, 0.3) is 0 Å². The van der Waals surface area contributed by atoms with E-state index in [9.17, 15) is 17.9 Å². The Morgan fingerprint density at radius 2 is 1.71 bits per heavy atom. The Balaban J connectivity index is 3.13. The number of nitrogens with zero attached hydrogens (tertiary/aromatic N) is 2. The van der Waals surface area contributed by atoms with Crippen LogP contribution in [0, 0.1) is 5.92 Å². The molecule has 1 aliphatic carbocycles. The van der Waals surface area contributed by atoms with E-state index in [1.807, 2.05) is 0 Å². The highest BCUT2D eigenvalue weighted by atomic mass is 19.4. The molecule has 0 bridgehead atoms. The van der Waals surface area contributed by atoms with E-state index in [0.29, 0.717) is 5.57 Å². The van der Waals surface area contributed by atoms with Gasteiger partial charge in [-0.25, -0.2) is 0 Å². The fraction of sp³-hybridized carbons (Fsp3) is 0.500. The van der Waals surface area contributed by atoms with Crippen molar-refractivity contribution in [2.45, 2.75) is 19.5 Å². The molecule has 0 aromatic heterocycles. The highest BCUT2D eigenvalue weighted by Crippen LogP contribution is 2.39. The van der Waals surface area contributed by atoms with Crippen LogP contribution in [0.4, 0.5) is 17.9 Å². The molecule has 0 aromatic rings. The minimum atomic E-state index is -2.64. The van der Waals surface area contributed by atoms with Gasteiger partial charge in [0.15, 0.2) is 0 Å². The first-order valence-corrected chi connectivity index (χ1v) is 4.02. The van der Waals surface area contributed by atoms with Gasteiger partial charge >= 0.3 is 0 Å². The Labute approximate surface area is 78.8 Å². The van der Waals surface area contributed by atoms with Crippen LogP contribution in [0.2, 0.25) is 0 Å². The van der Waals surface area contributed by atoms with E-state index in [1.165, 1.54) is 26.0 Å². The molecule has 0 heterocycles. The van der Waals surface area contributed by atoms with Crippen LogP contribution in [-0.2, 0) is 0 Å². The number of halogens is 4. The topological polar surface area (TPSA) is 6.48 Å². The largest absolute Gasteiger partial charge is 0.220 e. The summed E-state index contributed by atoms with van der Waals surface area (Å²) in [6.45, 7) is 2.86. The van der Waals surface area contributed by atoms with E-state index in [1.54, 1.807) is 0 Å². The summed E-state index contributed by atoms with van der Waals surface area (Å²) < 4.78 is 49.9. The third-order valence-corrected chi connectivity index (χ3v) is 2.56. The Morgan fingerprint density at radius 3 is 2.07 bits per heavy atom. The molecule has 0 saturated heterocycles. The van der Waals surface area contributed by atoms with Crippen LogP contribution in [-0.4, -0.2) is 16.4 Å². The molecule has 0 amide bonds. The molecule has 1 unspecified atom stereocenters. The average molecular weight is 210 g/mol. The van der Waals surface area contributed by atoms with Crippen LogP contribution in [0.1, 0.15) is 13.8 Å².